The van der Waals surface area contributed by atoms with Crippen LogP contribution in [0.25, 0.3) is 0 Å². The molecule has 0 aromatic carbocycles. The number of ether oxygens (including phenoxy) is 1. The van der Waals surface area contributed by atoms with E-state index >= 15 is 0 Å². The Bertz CT molecular complexity index is 113. The fraction of sp³-hybridized carbons (Fsp3) is 1.00. The molecule has 0 amide bonds. The van der Waals surface area contributed by atoms with Crippen LogP contribution < -0.4 is 5.73 Å². The minimum atomic E-state index is -2.43. The third-order valence-corrected chi connectivity index (χ3v) is 4.43. The predicted molar refractivity (Wildman–Crippen MR) is 51.5 cm³/mol. The van der Waals surface area contributed by atoms with Gasteiger partial charge in [-0.1, -0.05) is 0 Å². The lowest BCUT2D eigenvalue weighted by atomic mass is 10.7. The Labute approximate surface area is 80.5 Å². The second-order valence-corrected chi connectivity index (χ2v) is 5.54. The van der Waals surface area contributed by atoms with Gasteiger partial charge in [0, 0.05) is 33.9 Å². The van der Waals surface area contributed by atoms with E-state index in [-0.39, 0.29) is 0 Å². The van der Waals surface area contributed by atoms with Crippen molar-refractivity contribution in [1.29, 1.82) is 0 Å². The summed E-state index contributed by atoms with van der Waals surface area (Å²) in [5, 5.41) is 0. The minimum absolute atomic E-state index is 0.529. The first-order valence-electron chi connectivity index (χ1n) is 4.18. The van der Waals surface area contributed by atoms with E-state index in [1.165, 1.54) is 0 Å². The van der Waals surface area contributed by atoms with Crippen LogP contribution in [0.5, 0.6) is 0 Å². The first-order chi connectivity index (χ1) is 6.24. The lowest BCUT2D eigenvalue weighted by Gasteiger charge is -2.23. The maximum atomic E-state index is 5.27. The topological polar surface area (TPSA) is 62.9 Å². The summed E-state index contributed by atoms with van der Waals surface area (Å²) in [7, 11) is 2.32. The van der Waals surface area contributed by atoms with Gasteiger partial charge in [0.15, 0.2) is 0 Å². The molecule has 0 aliphatic heterocycles. The van der Waals surface area contributed by atoms with Crippen LogP contribution in [0.2, 0.25) is 6.04 Å². The molecule has 0 rings (SSSR count). The maximum Gasteiger partial charge on any atom is 0.502 e. The lowest BCUT2D eigenvalue weighted by Crippen LogP contribution is -2.43. The first-order valence-corrected chi connectivity index (χ1v) is 6.11. The summed E-state index contributed by atoms with van der Waals surface area (Å²) in [6, 6.07) is 0.649. The molecule has 0 heterocycles. The van der Waals surface area contributed by atoms with Crippen molar-refractivity contribution in [1.82, 2.24) is 0 Å². The van der Waals surface area contributed by atoms with E-state index in [2.05, 4.69) is 0 Å². The normalized spacial score (nSPS) is 12.0. The molecule has 2 N–H and O–H groups in total. The van der Waals surface area contributed by atoms with Crippen LogP contribution in [-0.4, -0.2) is 49.9 Å². The molecule has 5 nitrogen and oxygen atoms in total. The second-order valence-electron chi connectivity index (χ2n) is 2.45. The zero-order valence-corrected chi connectivity index (χ0v) is 9.54. The van der Waals surface area contributed by atoms with Crippen LogP contribution in [0.3, 0.4) is 0 Å². The summed E-state index contributed by atoms with van der Waals surface area (Å²) in [6.07, 6.45) is 0. The van der Waals surface area contributed by atoms with Gasteiger partial charge in [0.25, 0.3) is 0 Å². The molecule has 0 saturated heterocycles. The van der Waals surface area contributed by atoms with Crippen molar-refractivity contribution in [2.24, 2.45) is 5.73 Å². The standard InChI is InChI=1S/C7H19NO4Si/c1-9-13(10-2,11-3)7-6-12-5-4-8/h4-8H2,1-3H3. The molecular formula is C7H19NO4Si. The van der Waals surface area contributed by atoms with Crippen molar-refractivity contribution in [2.45, 2.75) is 6.04 Å². The molecule has 80 valence electrons. The minimum Gasteiger partial charge on any atom is -0.380 e. The Morgan fingerprint density at radius 1 is 1.00 bits per heavy atom. The van der Waals surface area contributed by atoms with E-state index in [0.29, 0.717) is 25.8 Å². The Morgan fingerprint density at radius 2 is 1.54 bits per heavy atom. The zero-order valence-electron chi connectivity index (χ0n) is 8.54. The molecule has 0 saturated carbocycles. The third-order valence-electron chi connectivity index (χ3n) is 1.75. The molecule has 0 aromatic heterocycles. The molecule has 0 fully saturated rings. The van der Waals surface area contributed by atoms with Crippen molar-refractivity contribution in [3.8, 4) is 0 Å². The number of nitrogens with two attached hydrogens (primary N) is 1. The van der Waals surface area contributed by atoms with Crippen LogP contribution in [0.15, 0.2) is 0 Å². The number of rotatable bonds is 8. The summed E-state index contributed by atoms with van der Waals surface area (Å²) >= 11 is 0. The lowest BCUT2D eigenvalue weighted by molar-refractivity contribution is 0.0977. The highest BCUT2D eigenvalue weighted by molar-refractivity contribution is 6.60. The number of hydrogen-bond acceptors (Lipinski definition) is 5. The van der Waals surface area contributed by atoms with Crippen LogP contribution in [0.1, 0.15) is 0 Å². The quantitative estimate of drug-likeness (QED) is 0.444. The first kappa shape index (κ1) is 13.0. The zero-order chi connectivity index (χ0) is 10.2. The van der Waals surface area contributed by atoms with Crippen LogP contribution in [0, 0.1) is 0 Å². The van der Waals surface area contributed by atoms with Gasteiger partial charge >= 0.3 is 8.80 Å². The maximum absolute atomic E-state index is 5.27. The number of hydrogen-bond donors (Lipinski definition) is 1. The monoisotopic (exact) mass is 209 g/mol. The molecule has 0 aliphatic rings. The average Bonchev–Trinajstić information content (AvgIpc) is 2.20. The van der Waals surface area contributed by atoms with Crippen LogP contribution in [0.4, 0.5) is 0 Å². The van der Waals surface area contributed by atoms with E-state index in [1.54, 1.807) is 21.3 Å². The third kappa shape index (κ3) is 4.70. The van der Waals surface area contributed by atoms with Gasteiger partial charge in [-0.15, -0.1) is 0 Å². The molecule has 0 aliphatic carbocycles. The van der Waals surface area contributed by atoms with E-state index in [4.69, 9.17) is 23.7 Å². The Balaban J connectivity index is 3.68. The van der Waals surface area contributed by atoms with Crippen LogP contribution in [-0.2, 0) is 18.0 Å². The summed E-state index contributed by atoms with van der Waals surface area (Å²) in [6.45, 7) is 1.64. The molecule has 0 atom stereocenters. The average molecular weight is 209 g/mol. The predicted octanol–water partition coefficient (Wildman–Crippen LogP) is -0.160. The van der Waals surface area contributed by atoms with Gasteiger partial charge < -0.3 is 23.7 Å². The summed E-state index contributed by atoms with van der Waals surface area (Å²) in [4.78, 5) is 0. The molecule has 0 aromatic rings. The van der Waals surface area contributed by atoms with E-state index in [1.807, 2.05) is 0 Å². The van der Waals surface area contributed by atoms with Crippen molar-refractivity contribution in [3.05, 3.63) is 0 Å². The van der Waals surface area contributed by atoms with Gasteiger partial charge in [-0.25, -0.2) is 0 Å². The highest BCUT2D eigenvalue weighted by Crippen LogP contribution is 2.11. The highest BCUT2D eigenvalue weighted by Gasteiger charge is 2.37. The summed E-state index contributed by atoms with van der Waals surface area (Å²) in [5.41, 5.74) is 5.27. The smallest absolute Gasteiger partial charge is 0.380 e. The fourth-order valence-electron chi connectivity index (χ4n) is 0.939. The summed E-state index contributed by atoms with van der Waals surface area (Å²) in [5.74, 6) is 0. The van der Waals surface area contributed by atoms with Crippen molar-refractivity contribution in [3.63, 3.8) is 0 Å². The SMILES string of the molecule is CO[Si](CCOCCN)(OC)OC. The summed E-state index contributed by atoms with van der Waals surface area (Å²) < 4.78 is 20.8. The Hall–Kier alpha value is 0.0169. The Morgan fingerprint density at radius 3 is 1.92 bits per heavy atom. The van der Waals surface area contributed by atoms with Crippen molar-refractivity contribution < 1.29 is 18.0 Å². The van der Waals surface area contributed by atoms with E-state index in [9.17, 15) is 0 Å². The molecule has 0 radical (unpaired) electrons. The van der Waals surface area contributed by atoms with Gasteiger partial charge in [-0.05, 0) is 0 Å². The molecule has 6 heteroatoms. The molecule has 0 bridgehead atoms. The molecule has 0 spiro atoms. The van der Waals surface area contributed by atoms with E-state index < -0.39 is 8.80 Å². The van der Waals surface area contributed by atoms with Gasteiger partial charge in [0.1, 0.15) is 0 Å². The van der Waals surface area contributed by atoms with Gasteiger partial charge in [-0.3, -0.25) is 0 Å². The second kappa shape index (κ2) is 7.42. The van der Waals surface area contributed by atoms with Crippen LogP contribution >= 0.6 is 0 Å². The van der Waals surface area contributed by atoms with Crippen molar-refractivity contribution in [2.75, 3.05) is 41.1 Å². The fourth-order valence-corrected chi connectivity index (χ4v) is 2.45. The molecule has 13 heavy (non-hydrogen) atoms. The van der Waals surface area contributed by atoms with E-state index in [0.717, 1.165) is 0 Å². The van der Waals surface area contributed by atoms with Gasteiger partial charge in [0.05, 0.1) is 13.2 Å². The van der Waals surface area contributed by atoms with Gasteiger partial charge in [0.2, 0.25) is 0 Å². The van der Waals surface area contributed by atoms with Gasteiger partial charge in [-0.2, -0.15) is 0 Å². The highest BCUT2D eigenvalue weighted by atomic mass is 28.4. The largest absolute Gasteiger partial charge is 0.502 e. The molecule has 0 unspecified atom stereocenters. The van der Waals surface area contributed by atoms with Crippen molar-refractivity contribution >= 4 is 8.80 Å². The molecular weight excluding hydrogens is 190 g/mol. The Kier molecular flexibility index (Phi) is 7.43.